The molecule has 2 aromatic carbocycles. The zero-order valence-corrected chi connectivity index (χ0v) is 14.8. The second-order valence-electron chi connectivity index (χ2n) is 4.84. The molecule has 0 saturated carbocycles. The molecule has 2 rings (SSSR count). The lowest BCUT2D eigenvalue weighted by Gasteiger charge is -2.04. The molecular formula is C18H17Cl2NOS. The predicted molar refractivity (Wildman–Crippen MR) is 101 cm³/mol. The van der Waals surface area contributed by atoms with Crippen LogP contribution in [0.15, 0.2) is 54.6 Å². The zero-order chi connectivity index (χ0) is 16.5. The van der Waals surface area contributed by atoms with E-state index in [2.05, 4.69) is 5.32 Å². The largest absolute Gasteiger partial charge is 0.352 e. The summed E-state index contributed by atoms with van der Waals surface area (Å²) in [4.78, 5) is 11.7. The van der Waals surface area contributed by atoms with Crippen molar-refractivity contribution in [3.63, 3.8) is 0 Å². The molecule has 0 spiro atoms. The standard InChI is InChI=1S/C18H17Cl2NOS/c19-16-8-6-15(12-17(16)20)13-23-11-10-21-18(22)9-7-14-4-2-1-3-5-14/h1-9,12H,10-11,13H2,(H,21,22)/b9-7+. The molecule has 0 aromatic heterocycles. The molecular weight excluding hydrogens is 349 g/mol. The fourth-order valence-electron chi connectivity index (χ4n) is 1.86. The van der Waals surface area contributed by atoms with Crippen LogP contribution in [0.3, 0.4) is 0 Å². The molecule has 0 atom stereocenters. The number of carbonyl (C=O) groups is 1. The number of halogens is 2. The van der Waals surface area contributed by atoms with Crippen molar-refractivity contribution in [2.24, 2.45) is 0 Å². The average Bonchev–Trinajstić information content (AvgIpc) is 2.57. The van der Waals surface area contributed by atoms with E-state index in [1.54, 1.807) is 30.0 Å². The van der Waals surface area contributed by atoms with E-state index in [1.165, 1.54) is 0 Å². The predicted octanol–water partition coefficient (Wildman–Crippen LogP) is 5.06. The Kier molecular flexibility index (Phi) is 7.53. The van der Waals surface area contributed by atoms with Gasteiger partial charge < -0.3 is 5.32 Å². The van der Waals surface area contributed by atoms with Crippen LogP contribution in [0, 0.1) is 0 Å². The highest BCUT2D eigenvalue weighted by molar-refractivity contribution is 7.98. The number of amides is 1. The van der Waals surface area contributed by atoms with Gasteiger partial charge in [0.2, 0.25) is 5.91 Å². The Balaban J connectivity index is 1.64. The molecule has 0 aliphatic heterocycles. The zero-order valence-electron chi connectivity index (χ0n) is 12.5. The molecule has 120 valence electrons. The third-order valence-corrected chi connectivity index (χ3v) is 4.79. The van der Waals surface area contributed by atoms with Crippen LogP contribution in [0.4, 0.5) is 0 Å². The van der Waals surface area contributed by atoms with E-state index < -0.39 is 0 Å². The van der Waals surface area contributed by atoms with Crippen LogP contribution >= 0.6 is 35.0 Å². The van der Waals surface area contributed by atoms with Gasteiger partial charge in [0, 0.05) is 24.1 Å². The Labute approximate surface area is 150 Å². The lowest BCUT2D eigenvalue weighted by molar-refractivity contribution is -0.116. The van der Waals surface area contributed by atoms with E-state index >= 15 is 0 Å². The number of hydrogen-bond acceptors (Lipinski definition) is 2. The van der Waals surface area contributed by atoms with Gasteiger partial charge >= 0.3 is 0 Å². The Hall–Kier alpha value is -1.42. The topological polar surface area (TPSA) is 29.1 Å². The van der Waals surface area contributed by atoms with E-state index in [0.29, 0.717) is 16.6 Å². The van der Waals surface area contributed by atoms with Gasteiger partial charge in [-0.3, -0.25) is 4.79 Å². The van der Waals surface area contributed by atoms with Gasteiger partial charge in [-0.05, 0) is 29.3 Å². The van der Waals surface area contributed by atoms with Crippen LogP contribution < -0.4 is 5.32 Å². The summed E-state index contributed by atoms with van der Waals surface area (Å²) in [5.41, 5.74) is 2.14. The average molecular weight is 366 g/mol. The number of benzene rings is 2. The van der Waals surface area contributed by atoms with Crippen molar-refractivity contribution < 1.29 is 4.79 Å². The van der Waals surface area contributed by atoms with Crippen molar-refractivity contribution in [3.05, 3.63) is 75.8 Å². The Morgan fingerprint density at radius 2 is 1.87 bits per heavy atom. The number of nitrogens with one attached hydrogen (secondary N) is 1. The van der Waals surface area contributed by atoms with Gasteiger partial charge in [0.15, 0.2) is 0 Å². The molecule has 0 aliphatic carbocycles. The molecule has 2 nitrogen and oxygen atoms in total. The SMILES string of the molecule is O=C(/C=C/c1ccccc1)NCCSCc1ccc(Cl)c(Cl)c1. The third-order valence-electron chi connectivity index (χ3n) is 3.03. The minimum atomic E-state index is -0.0796. The maximum Gasteiger partial charge on any atom is 0.244 e. The molecule has 23 heavy (non-hydrogen) atoms. The normalized spacial score (nSPS) is 10.9. The highest BCUT2D eigenvalue weighted by Gasteiger charge is 2.00. The first-order valence-electron chi connectivity index (χ1n) is 7.18. The molecule has 0 saturated heterocycles. The lowest BCUT2D eigenvalue weighted by Crippen LogP contribution is -2.23. The van der Waals surface area contributed by atoms with Gasteiger partial charge in [-0.1, -0.05) is 59.6 Å². The number of thioether (sulfide) groups is 1. The van der Waals surface area contributed by atoms with Gasteiger partial charge in [-0.25, -0.2) is 0 Å². The van der Waals surface area contributed by atoms with Crippen molar-refractivity contribution in [1.29, 1.82) is 0 Å². The first-order valence-corrected chi connectivity index (χ1v) is 9.09. The van der Waals surface area contributed by atoms with Crippen molar-refractivity contribution >= 4 is 46.9 Å². The highest BCUT2D eigenvalue weighted by Crippen LogP contribution is 2.24. The summed E-state index contributed by atoms with van der Waals surface area (Å²) in [6, 6.07) is 15.4. The molecule has 5 heteroatoms. The van der Waals surface area contributed by atoms with Crippen LogP contribution in [0.2, 0.25) is 10.0 Å². The summed E-state index contributed by atoms with van der Waals surface area (Å²) < 4.78 is 0. The van der Waals surface area contributed by atoms with Crippen LogP contribution in [-0.4, -0.2) is 18.2 Å². The molecule has 0 fully saturated rings. The Morgan fingerprint density at radius 1 is 1.09 bits per heavy atom. The molecule has 0 aliphatic rings. The molecule has 1 amide bonds. The van der Waals surface area contributed by atoms with E-state index in [4.69, 9.17) is 23.2 Å². The second-order valence-corrected chi connectivity index (χ2v) is 6.76. The molecule has 0 radical (unpaired) electrons. The maximum atomic E-state index is 11.7. The van der Waals surface area contributed by atoms with Gasteiger partial charge in [0.25, 0.3) is 0 Å². The summed E-state index contributed by atoms with van der Waals surface area (Å²) in [7, 11) is 0. The summed E-state index contributed by atoms with van der Waals surface area (Å²) in [5.74, 6) is 1.60. The quantitative estimate of drug-likeness (QED) is 0.548. The van der Waals surface area contributed by atoms with Gasteiger partial charge in [0.1, 0.15) is 0 Å². The number of rotatable bonds is 7. The molecule has 0 heterocycles. The smallest absolute Gasteiger partial charge is 0.244 e. The number of hydrogen-bond donors (Lipinski definition) is 1. The lowest BCUT2D eigenvalue weighted by atomic mass is 10.2. The highest BCUT2D eigenvalue weighted by atomic mass is 35.5. The van der Waals surface area contributed by atoms with E-state index in [0.717, 1.165) is 22.6 Å². The molecule has 0 bridgehead atoms. The minimum Gasteiger partial charge on any atom is -0.352 e. The fraction of sp³-hybridized carbons (Fsp3) is 0.167. The minimum absolute atomic E-state index is 0.0796. The van der Waals surface area contributed by atoms with Crippen LogP contribution in [0.25, 0.3) is 6.08 Å². The summed E-state index contributed by atoms with van der Waals surface area (Å²) in [6.45, 7) is 0.629. The Bertz CT molecular complexity index is 674. The van der Waals surface area contributed by atoms with Crippen LogP contribution in [0.5, 0.6) is 0 Å². The van der Waals surface area contributed by atoms with E-state index in [-0.39, 0.29) is 5.91 Å². The monoisotopic (exact) mass is 365 g/mol. The van der Waals surface area contributed by atoms with E-state index in [9.17, 15) is 4.79 Å². The van der Waals surface area contributed by atoms with Gasteiger partial charge in [-0.15, -0.1) is 0 Å². The second kappa shape index (κ2) is 9.66. The van der Waals surface area contributed by atoms with Crippen molar-refractivity contribution in [2.45, 2.75) is 5.75 Å². The first-order chi connectivity index (χ1) is 11.1. The summed E-state index contributed by atoms with van der Waals surface area (Å²) in [6.07, 6.45) is 3.36. The van der Waals surface area contributed by atoms with Gasteiger partial charge in [0.05, 0.1) is 10.0 Å². The van der Waals surface area contributed by atoms with Crippen molar-refractivity contribution in [2.75, 3.05) is 12.3 Å². The maximum absolute atomic E-state index is 11.7. The molecule has 1 N–H and O–H groups in total. The Morgan fingerprint density at radius 3 is 2.61 bits per heavy atom. The molecule has 2 aromatic rings. The first kappa shape index (κ1) is 17.9. The van der Waals surface area contributed by atoms with E-state index in [1.807, 2.05) is 42.5 Å². The fourth-order valence-corrected chi connectivity index (χ4v) is 2.99. The third kappa shape index (κ3) is 6.69. The van der Waals surface area contributed by atoms with Crippen molar-refractivity contribution in [3.8, 4) is 0 Å². The summed E-state index contributed by atoms with van der Waals surface area (Å²) in [5, 5.41) is 4.01. The van der Waals surface area contributed by atoms with Crippen LogP contribution in [-0.2, 0) is 10.5 Å². The summed E-state index contributed by atoms with van der Waals surface area (Å²) >= 11 is 13.6. The van der Waals surface area contributed by atoms with Crippen molar-refractivity contribution in [1.82, 2.24) is 5.32 Å². The number of carbonyl (C=O) groups excluding carboxylic acids is 1. The van der Waals surface area contributed by atoms with Crippen LogP contribution in [0.1, 0.15) is 11.1 Å². The van der Waals surface area contributed by atoms with Gasteiger partial charge in [-0.2, -0.15) is 11.8 Å². The molecule has 0 unspecified atom stereocenters.